The molecule has 0 heterocycles. The van der Waals surface area contributed by atoms with E-state index in [4.69, 9.17) is 0 Å². The Morgan fingerprint density at radius 1 is 1.14 bits per heavy atom. The molecule has 0 saturated heterocycles. The van der Waals surface area contributed by atoms with Gasteiger partial charge in [-0.05, 0) is 23.8 Å². The molecule has 0 atom stereocenters. The number of alkyl halides is 1. The van der Waals surface area contributed by atoms with E-state index in [2.05, 4.69) is 31.9 Å². The van der Waals surface area contributed by atoms with E-state index in [0.717, 1.165) is 5.56 Å². The number of carbonyl (C=O) groups excluding carboxylic acids is 1. The molecular formula is C16H14Br2FNO. The van der Waals surface area contributed by atoms with Gasteiger partial charge in [-0.25, -0.2) is 4.39 Å². The molecule has 0 aliphatic rings. The summed E-state index contributed by atoms with van der Waals surface area (Å²) in [7, 11) is 0. The van der Waals surface area contributed by atoms with E-state index in [1.807, 2.05) is 30.3 Å². The fourth-order valence-electron chi connectivity index (χ4n) is 1.99. The Morgan fingerprint density at radius 3 is 2.52 bits per heavy atom. The Balaban J connectivity index is 2.25. The van der Waals surface area contributed by atoms with Crippen molar-refractivity contribution in [3.8, 4) is 0 Å². The summed E-state index contributed by atoms with van der Waals surface area (Å²) < 4.78 is 14.6. The van der Waals surface area contributed by atoms with E-state index in [1.165, 1.54) is 12.1 Å². The molecule has 110 valence electrons. The monoisotopic (exact) mass is 413 g/mol. The van der Waals surface area contributed by atoms with E-state index in [9.17, 15) is 9.18 Å². The number of hydrogen-bond acceptors (Lipinski definition) is 1. The molecule has 0 radical (unpaired) electrons. The zero-order chi connectivity index (χ0) is 15.2. The van der Waals surface area contributed by atoms with Gasteiger partial charge in [-0.3, -0.25) is 4.79 Å². The van der Waals surface area contributed by atoms with Gasteiger partial charge in [0.1, 0.15) is 5.82 Å². The Morgan fingerprint density at radius 2 is 1.86 bits per heavy atom. The number of rotatable bonds is 5. The summed E-state index contributed by atoms with van der Waals surface area (Å²) in [6, 6.07) is 14.1. The predicted octanol–water partition coefficient (Wildman–Crippen LogP) is 4.63. The van der Waals surface area contributed by atoms with Crippen LogP contribution < -0.4 is 0 Å². The zero-order valence-electron chi connectivity index (χ0n) is 11.2. The van der Waals surface area contributed by atoms with Crippen molar-refractivity contribution in [2.45, 2.75) is 6.54 Å². The molecule has 0 aliphatic heterocycles. The van der Waals surface area contributed by atoms with Crippen molar-refractivity contribution in [2.75, 3.05) is 11.9 Å². The summed E-state index contributed by atoms with van der Waals surface area (Å²) >= 11 is 6.61. The van der Waals surface area contributed by atoms with Crippen LogP contribution in [0.2, 0.25) is 0 Å². The van der Waals surface area contributed by atoms with Crippen LogP contribution in [0.25, 0.3) is 0 Å². The lowest BCUT2D eigenvalue weighted by atomic mass is 10.1. The molecule has 2 nitrogen and oxygen atoms in total. The van der Waals surface area contributed by atoms with Gasteiger partial charge in [0.2, 0.25) is 0 Å². The maximum absolute atomic E-state index is 13.9. The largest absolute Gasteiger partial charge is 0.333 e. The summed E-state index contributed by atoms with van der Waals surface area (Å²) in [5.74, 6) is -0.812. The minimum absolute atomic E-state index is 0.0845. The van der Waals surface area contributed by atoms with E-state index in [0.29, 0.717) is 22.9 Å². The molecule has 2 rings (SSSR count). The summed E-state index contributed by atoms with van der Waals surface area (Å²) in [6.07, 6.45) is 0. The molecule has 0 aliphatic carbocycles. The fourth-order valence-corrected chi connectivity index (χ4v) is 2.78. The van der Waals surface area contributed by atoms with Crippen LogP contribution in [0.5, 0.6) is 0 Å². The minimum atomic E-state index is -0.504. The average molecular weight is 415 g/mol. The molecule has 0 N–H and O–H groups in total. The van der Waals surface area contributed by atoms with Crippen molar-refractivity contribution in [1.29, 1.82) is 0 Å². The van der Waals surface area contributed by atoms with Crippen molar-refractivity contribution in [2.24, 2.45) is 0 Å². The third-order valence-corrected chi connectivity index (χ3v) is 3.86. The highest BCUT2D eigenvalue weighted by Gasteiger charge is 2.19. The van der Waals surface area contributed by atoms with Crippen LogP contribution in [0.4, 0.5) is 4.39 Å². The zero-order valence-corrected chi connectivity index (χ0v) is 14.4. The van der Waals surface area contributed by atoms with Crippen molar-refractivity contribution in [3.05, 3.63) is 69.9 Å². The summed E-state index contributed by atoms with van der Waals surface area (Å²) in [5, 5.41) is 0.640. The summed E-state index contributed by atoms with van der Waals surface area (Å²) in [5.41, 5.74) is 1.10. The Kier molecular flexibility index (Phi) is 5.94. The predicted molar refractivity (Wildman–Crippen MR) is 89.1 cm³/mol. The first-order valence-corrected chi connectivity index (χ1v) is 8.37. The Bertz CT molecular complexity index is 619. The highest BCUT2D eigenvalue weighted by Crippen LogP contribution is 2.18. The maximum Gasteiger partial charge on any atom is 0.257 e. The molecule has 2 aromatic rings. The van der Waals surface area contributed by atoms with Crippen molar-refractivity contribution in [3.63, 3.8) is 0 Å². The average Bonchev–Trinajstić information content (AvgIpc) is 2.49. The van der Waals surface area contributed by atoms with Crippen LogP contribution in [0, 0.1) is 5.82 Å². The minimum Gasteiger partial charge on any atom is -0.333 e. The molecule has 0 unspecified atom stereocenters. The number of hydrogen-bond donors (Lipinski definition) is 0. The number of nitrogens with zero attached hydrogens (tertiary/aromatic N) is 1. The molecule has 1 amide bonds. The second-order valence-corrected chi connectivity index (χ2v) is 6.23. The molecule has 0 saturated carbocycles. The first-order valence-electron chi connectivity index (χ1n) is 6.46. The third-order valence-electron chi connectivity index (χ3n) is 3.02. The van der Waals surface area contributed by atoms with Crippen LogP contribution in [0.1, 0.15) is 15.9 Å². The lowest BCUT2D eigenvalue weighted by Gasteiger charge is -2.22. The van der Waals surface area contributed by atoms with Gasteiger partial charge in [-0.15, -0.1) is 0 Å². The molecule has 21 heavy (non-hydrogen) atoms. The van der Waals surface area contributed by atoms with Gasteiger partial charge in [0.25, 0.3) is 5.91 Å². The van der Waals surface area contributed by atoms with Crippen LogP contribution in [-0.4, -0.2) is 22.7 Å². The van der Waals surface area contributed by atoms with E-state index >= 15 is 0 Å². The number of halogens is 3. The van der Waals surface area contributed by atoms with Crippen molar-refractivity contribution in [1.82, 2.24) is 4.90 Å². The number of benzene rings is 2. The molecule has 0 spiro atoms. The molecule has 0 aromatic heterocycles. The molecule has 0 fully saturated rings. The number of carbonyl (C=O) groups is 1. The lowest BCUT2D eigenvalue weighted by Crippen LogP contribution is -2.32. The van der Waals surface area contributed by atoms with Gasteiger partial charge in [-0.1, -0.05) is 62.2 Å². The van der Waals surface area contributed by atoms with Crippen molar-refractivity contribution < 1.29 is 9.18 Å². The van der Waals surface area contributed by atoms with Gasteiger partial charge in [0.15, 0.2) is 0 Å². The maximum atomic E-state index is 13.9. The topological polar surface area (TPSA) is 20.3 Å². The van der Waals surface area contributed by atoms with Gasteiger partial charge in [-0.2, -0.15) is 0 Å². The molecule has 5 heteroatoms. The molecule has 0 bridgehead atoms. The van der Waals surface area contributed by atoms with Crippen LogP contribution >= 0.6 is 31.9 Å². The number of amides is 1. The normalized spacial score (nSPS) is 10.4. The quantitative estimate of drug-likeness (QED) is 0.653. The van der Waals surface area contributed by atoms with Crippen LogP contribution in [0.3, 0.4) is 0 Å². The van der Waals surface area contributed by atoms with E-state index in [-0.39, 0.29) is 11.5 Å². The van der Waals surface area contributed by atoms with E-state index in [1.54, 1.807) is 11.0 Å². The van der Waals surface area contributed by atoms with Gasteiger partial charge in [0.05, 0.1) is 5.56 Å². The standard InChI is InChI=1S/C16H14Br2FNO/c17-8-9-20(11-12-4-2-1-3-5-12)16(21)14-10-13(18)6-7-15(14)19/h1-7,10H,8-9,11H2. The fraction of sp³-hybridized carbons (Fsp3) is 0.188. The smallest absolute Gasteiger partial charge is 0.257 e. The van der Waals surface area contributed by atoms with Crippen LogP contribution in [0.15, 0.2) is 53.0 Å². The molecule has 2 aromatic carbocycles. The summed E-state index contributed by atoms with van der Waals surface area (Å²) in [4.78, 5) is 14.2. The van der Waals surface area contributed by atoms with Gasteiger partial charge < -0.3 is 4.90 Å². The highest BCUT2D eigenvalue weighted by atomic mass is 79.9. The lowest BCUT2D eigenvalue weighted by molar-refractivity contribution is 0.0750. The molecular weight excluding hydrogens is 401 g/mol. The Labute approximate surface area is 140 Å². The highest BCUT2D eigenvalue weighted by molar-refractivity contribution is 9.10. The summed E-state index contributed by atoms with van der Waals surface area (Å²) in [6.45, 7) is 0.969. The van der Waals surface area contributed by atoms with E-state index < -0.39 is 5.82 Å². The third kappa shape index (κ3) is 4.38. The second-order valence-electron chi connectivity index (χ2n) is 4.53. The van der Waals surface area contributed by atoms with Gasteiger partial charge in [0, 0.05) is 22.9 Å². The van der Waals surface area contributed by atoms with Crippen molar-refractivity contribution >= 4 is 37.8 Å². The Hall–Kier alpha value is -1.20. The van der Waals surface area contributed by atoms with Gasteiger partial charge >= 0.3 is 0 Å². The SMILES string of the molecule is O=C(c1cc(Br)ccc1F)N(CCBr)Cc1ccccc1. The second kappa shape index (κ2) is 7.71. The first-order chi connectivity index (χ1) is 10.1. The first kappa shape index (κ1) is 16.2. The van der Waals surface area contributed by atoms with Crippen LogP contribution in [-0.2, 0) is 6.54 Å².